The van der Waals surface area contributed by atoms with E-state index in [9.17, 15) is 0 Å². The van der Waals surface area contributed by atoms with E-state index < -0.39 is 0 Å². The van der Waals surface area contributed by atoms with E-state index in [2.05, 4.69) is 0 Å². The fourth-order valence-electron chi connectivity index (χ4n) is 1.33. The second-order valence-corrected chi connectivity index (χ2v) is 4.31. The maximum absolute atomic E-state index is 8.42. The number of rotatable bonds is 3. The summed E-state index contributed by atoms with van der Waals surface area (Å²) in [5.41, 5.74) is 5.47. The average molecular weight is 170 g/mol. The first-order chi connectivity index (χ1) is 5.33. The molecule has 3 heteroatoms. The fourth-order valence-corrected chi connectivity index (χ4v) is 2.55. The first kappa shape index (κ1) is 8.89. The van der Waals surface area contributed by atoms with Crippen molar-refractivity contribution in [1.82, 2.24) is 0 Å². The molecule has 0 aliphatic heterocycles. The van der Waals surface area contributed by atoms with E-state index in [1.807, 2.05) is 17.8 Å². The Bertz CT molecular complexity index is 147. The molecular weight excluding hydrogens is 156 g/mol. The molecule has 0 aromatic rings. The van der Waals surface area contributed by atoms with Gasteiger partial charge in [-0.2, -0.15) is 17.0 Å². The van der Waals surface area contributed by atoms with E-state index >= 15 is 0 Å². The molecule has 0 aromatic heterocycles. The highest BCUT2D eigenvalue weighted by atomic mass is 32.2. The summed E-state index contributed by atoms with van der Waals surface area (Å²) < 4.78 is 0. The molecule has 0 bridgehead atoms. The van der Waals surface area contributed by atoms with E-state index in [1.54, 1.807) is 0 Å². The van der Waals surface area contributed by atoms with Gasteiger partial charge >= 0.3 is 0 Å². The predicted octanol–water partition coefficient (Wildman–Crippen LogP) is 1.51. The van der Waals surface area contributed by atoms with Crippen molar-refractivity contribution in [3.05, 3.63) is 0 Å². The van der Waals surface area contributed by atoms with Gasteiger partial charge in [-0.05, 0) is 12.8 Å². The Morgan fingerprint density at radius 1 is 1.55 bits per heavy atom. The second kappa shape index (κ2) is 4.63. The van der Waals surface area contributed by atoms with Crippen molar-refractivity contribution in [1.29, 1.82) is 5.26 Å². The normalized spacial score (nSPS) is 21.5. The van der Waals surface area contributed by atoms with Crippen LogP contribution in [-0.2, 0) is 0 Å². The van der Waals surface area contributed by atoms with Gasteiger partial charge in [0.05, 0.1) is 6.07 Å². The zero-order valence-electron chi connectivity index (χ0n) is 6.62. The van der Waals surface area contributed by atoms with Crippen LogP contribution in [0, 0.1) is 11.3 Å². The van der Waals surface area contributed by atoms with Gasteiger partial charge < -0.3 is 5.73 Å². The van der Waals surface area contributed by atoms with Crippen molar-refractivity contribution >= 4 is 11.8 Å². The minimum absolute atomic E-state index is 0.263. The van der Waals surface area contributed by atoms with Crippen LogP contribution < -0.4 is 5.73 Å². The van der Waals surface area contributed by atoms with Gasteiger partial charge in [-0.15, -0.1) is 0 Å². The van der Waals surface area contributed by atoms with E-state index in [-0.39, 0.29) is 6.04 Å². The molecule has 1 rings (SSSR count). The summed E-state index contributed by atoms with van der Waals surface area (Å²) in [5.74, 6) is 0.807. The highest BCUT2D eigenvalue weighted by Crippen LogP contribution is 2.29. The molecule has 0 heterocycles. The van der Waals surface area contributed by atoms with Gasteiger partial charge in [-0.25, -0.2) is 0 Å². The van der Waals surface area contributed by atoms with Gasteiger partial charge in [0.2, 0.25) is 0 Å². The molecule has 0 saturated heterocycles. The largest absolute Gasteiger partial charge is 0.315 e. The van der Waals surface area contributed by atoms with Crippen molar-refractivity contribution in [2.24, 2.45) is 5.73 Å². The molecule has 0 amide bonds. The topological polar surface area (TPSA) is 49.8 Å². The average Bonchev–Trinajstić information content (AvgIpc) is 2.52. The molecule has 0 aromatic carbocycles. The number of nitrogens with two attached hydrogens (primary N) is 1. The Kier molecular flexibility index (Phi) is 3.74. The lowest BCUT2D eigenvalue weighted by atomic mass is 10.4. The summed E-state index contributed by atoms with van der Waals surface area (Å²) in [5, 5.41) is 9.21. The van der Waals surface area contributed by atoms with Crippen LogP contribution in [-0.4, -0.2) is 17.0 Å². The Morgan fingerprint density at radius 2 is 2.18 bits per heavy atom. The number of nitrogens with zero attached hydrogens (tertiary/aromatic N) is 1. The predicted molar refractivity (Wildman–Crippen MR) is 48.3 cm³/mol. The standard InChI is InChI=1S/C8H14N2S/c9-5-7(10)6-11-8-3-1-2-4-8/h7-8H,1-4,6,10H2. The SMILES string of the molecule is N#CC(N)CSC1CCCC1. The van der Waals surface area contributed by atoms with E-state index in [0.717, 1.165) is 11.0 Å². The number of thioether (sulfide) groups is 1. The summed E-state index contributed by atoms with van der Waals surface area (Å²) in [6, 6.07) is 1.78. The summed E-state index contributed by atoms with van der Waals surface area (Å²) >= 11 is 1.87. The van der Waals surface area contributed by atoms with Gasteiger partial charge in [-0.3, -0.25) is 0 Å². The van der Waals surface area contributed by atoms with Gasteiger partial charge in [0.25, 0.3) is 0 Å². The minimum Gasteiger partial charge on any atom is -0.315 e. The van der Waals surface area contributed by atoms with Crippen LogP contribution in [0.4, 0.5) is 0 Å². The van der Waals surface area contributed by atoms with Crippen LogP contribution in [0.25, 0.3) is 0 Å². The highest BCUT2D eigenvalue weighted by Gasteiger charge is 2.15. The number of nitriles is 1. The first-order valence-corrected chi connectivity index (χ1v) is 5.14. The maximum Gasteiger partial charge on any atom is 0.102 e. The van der Waals surface area contributed by atoms with Crippen molar-refractivity contribution in [2.45, 2.75) is 37.0 Å². The lowest BCUT2D eigenvalue weighted by Gasteiger charge is -2.08. The Balaban J connectivity index is 2.07. The van der Waals surface area contributed by atoms with Crippen LogP contribution in [0.3, 0.4) is 0 Å². The minimum atomic E-state index is -0.263. The zero-order chi connectivity index (χ0) is 8.10. The molecule has 0 spiro atoms. The van der Waals surface area contributed by atoms with E-state index in [0.29, 0.717) is 0 Å². The Hall–Kier alpha value is -0.200. The number of hydrogen-bond acceptors (Lipinski definition) is 3. The first-order valence-electron chi connectivity index (χ1n) is 4.09. The summed E-state index contributed by atoms with van der Waals surface area (Å²) in [6.07, 6.45) is 5.37. The van der Waals surface area contributed by atoms with Crippen LogP contribution in [0.5, 0.6) is 0 Å². The fraction of sp³-hybridized carbons (Fsp3) is 0.875. The van der Waals surface area contributed by atoms with Crippen LogP contribution in [0.15, 0.2) is 0 Å². The molecule has 1 aliphatic rings. The van der Waals surface area contributed by atoms with Crippen LogP contribution >= 0.6 is 11.8 Å². The molecular formula is C8H14N2S. The third-order valence-electron chi connectivity index (χ3n) is 1.98. The molecule has 1 fully saturated rings. The molecule has 1 unspecified atom stereocenters. The number of hydrogen-bond donors (Lipinski definition) is 1. The third kappa shape index (κ3) is 3.13. The molecule has 0 radical (unpaired) electrons. The molecule has 1 aliphatic carbocycles. The van der Waals surface area contributed by atoms with Crippen LogP contribution in [0.1, 0.15) is 25.7 Å². The summed E-state index contributed by atoms with van der Waals surface area (Å²) in [4.78, 5) is 0. The monoisotopic (exact) mass is 170 g/mol. The quantitative estimate of drug-likeness (QED) is 0.698. The third-order valence-corrected chi connectivity index (χ3v) is 3.47. The van der Waals surface area contributed by atoms with E-state index in [4.69, 9.17) is 11.0 Å². The molecule has 11 heavy (non-hydrogen) atoms. The Labute approximate surface area is 72.1 Å². The molecule has 2 nitrogen and oxygen atoms in total. The molecule has 2 N–H and O–H groups in total. The summed E-state index contributed by atoms with van der Waals surface area (Å²) in [7, 11) is 0. The van der Waals surface area contributed by atoms with Gasteiger partial charge in [0, 0.05) is 11.0 Å². The van der Waals surface area contributed by atoms with Crippen molar-refractivity contribution in [3.8, 4) is 6.07 Å². The maximum atomic E-state index is 8.42. The summed E-state index contributed by atoms with van der Waals surface area (Å²) in [6.45, 7) is 0. The molecule has 1 saturated carbocycles. The van der Waals surface area contributed by atoms with Crippen molar-refractivity contribution < 1.29 is 0 Å². The molecule has 1 atom stereocenters. The van der Waals surface area contributed by atoms with Crippen LogP contribution in [0.2, 0.25) is 0 Å². The van der Waals surface area contributed by atoms with Crippen molar-refractivity contribution in [2.75, 3.05) is 5.75 Å². The van der Waals surface area contributed by atoms with Crippen molar-refractivity contribution in [3.63, 3.8) is 0 Å². The smallest absolute Gasteiger partial charge is 0.102 e. The highest BCUT2D eigenvalue weighted by molar-refractivity contribution is 7.99. The van der Waals surface area contributed by atoms with Gasteiger partial charge in [-0.1, -0.05) is 12.8 Å². The van der Waals surface area contributed by atoms with Gasteiger partial charge in [0.15, 0.2) is 0 Å². The Morgan fingerprint density at radius 3 is 2.73 bits per heavy atom. The molecule has 62 valence electrons. The van der Waals surface area contributed by atoms with E-state index in [1.165, 1.54) is 25.7 Å². The van der Waals surface area contributed by atoms with Gasteiger partial charge in [0.1, 0.15) is 6.04 Å². The lowest BCUT2D eigenvalue weighted by Crippen LogP contribution is -2.21. The lowest BCUT2D eigenvalue weighted by molar-refractivity contribution is 0.886. The second-order valence-electron chi connectivity index (χ2n) is 2.98. The zero-order valence-corrected chi connectivity index (χ0v) is 7.44.